The average molecular weight is 373 g/mol. The molecule has 1 aliphatic heterocycles. The fraction of sp³-hybridized carbons (Fsp3) is 0.261. The van der Waals surface area contributed by atoms with Crippen LogP contribution in [0, 0.1) is 30.6 Å². The number of hydrogen-bond acceptors (Lipinski definition) is 4. The lowest BCUT2D eigenvalue weighted by molar-refractivity contribution is -0.123. The molecule has 1 heterocycles. The van der Waals surface area contributed by atoms with E-state index >= 15 is 0 Å². The van der Waals surface area contributed by atoms with Gasteiger partial charge in [0.2, 0.25) is 11.8 Å². The Kier molecular flexibility index (Phi) is 3.72. The van der Waals surface area contributed by atoms with E-state index in [9.17, 15) is 14.4 Å². The second kappa shape index (κ2) is 6.16. The molecule has 0 radical (unpaired) electrons. The van der Waals surface area contributed by atoms with E-state index in [1.807, 2.05) is 19.1 Å². The number of hydrogen-bond donors (Lipinski definition) is 0. The molecular formula is C23H19NO4. The summed E-state index contributed by atoms with van der Waals surface area (Å²) >= 11 is 0. The van der Waals surface area contributed by atoms with Gasteiger partial charge in [0.05, 0.1) is 23.1 Å². The van der Waals surface area contributed by atoms with Crippen LogP contribution in [-0.2, 0) is 9.59 Å². The van der Waals surface area contributed by atoms with Crippen molar-refractivity contribution in [1.82, 2.24) is 0 Å². The summed E-state index contributed by atoms with van der Waals surface area (Å²) in [5, 5.41) is 0. The van der Waals surface area contributed by atoms with Gasteiger partial charge in [-0.3, -0.25) is 9.59 Å². The zero-order chi connectivity index (χ0) is 19.4. The van der Waals surface area contributed by atoms with E-state index in [4.69, 9.17) is 4.74 Å². The Morgan fingerprint density at radius 1 is 0.964 bits per heavy atom. The monoisotopic (exact) mass is 373 g/mol. The maximum atomic E-state index is 12.9. The minimum Gasteiger partial charge on any atom is -0.423 e. The number of carbonyl (C=O) groups is 3. The molecule has 0 N–H and O–H groups in total. The van der Waals surface area contributed by atoms with Gasteiger partial charge in [-0.15, -0.1) is 0 Å². The zero-order valence-corrected chi connectivity index (χ0v) is 15.4. The third kappa shape index (κ3) is 2.50. The molecule has 1 saturated heterocycles. The molecular weight excluding hydrogens is 354 g/mol. The highest BCUT2D eigenvalue weighted by atomic mass is 16.5. The number of benzene rings is 2. The third-order valence-electron chi connectivity index (χ3n) is 6.04. The Morgan fingerprint density at radius 3 is 2.25 bits per heavy atom. The summed E-state index contributed by atoms with van der Waals surface area (Å²) in [6.45, 7) is 1.95. The van der Waals surface area contributed by atoms with Crippen LogP contribution in [0.25, 0.3) is 0 Å². The van der Waals surface area contributed by atoms with Crippen molar-refractivity contribution in [2.24, 2.45) is 23.7 Å². The van der Waals surface area contributed by atoms with E-state index in [1.54, 1.807) is 36.4 Å². The molecule has 140 valence electrons. The smallest absolute Gasteiger partial charge is 0.343 e. The Bertz CT molecular complexity index is 993. The van der Waals surface area contributed by atoms with Crippen LogP contribution >= 0.6 is 0 Å². The SMILES string of the molecule is Cc1ccc(OC(=O)c2cccc(N3C(=O)[C@@H]4[C@H](C3=O)[C@H]3C=C[C@H]4C3)c2)cc1. The molecule has 0 spiro atoms. The normalized spacial score (nSPS) is 27.4. The van der Waals surface area contributed by atoms with Crippen molar-refractivity contribution >= 4 is 23.5 Å². The zero-order valence-electron chi connectivity index (χ0n) is 15.4. The van der Waals surface area contributed by atoms with E-state index in [1.165, 1.54) is 4.90 Å². The Balaban J connectivity index is 1.40. The number of rotatable bonds is 3. The number of esters is 1. The van der Waals surface area contributed by atoms with Gasteiger partial charge in [-0.05, 0) is 55.5 Å². The van der Waals surface area contributed by atoms with Crippen LogP contribution in [-0.4, -0.2) is 17.8 Å². The van der Waals surface area contributed by atoms with Crippen molar-refractivity contribution < 1.29 is 19.1 Å². The summed E-state index contributed by atoms with van der Waals surface area (Å²) in [5.74, 6) is -0.585. The first-order valence-corrected chi connectivity index (χ1v) is 9.48. The van der Waals surface area contributed by atoms with Crippen LogP contribution in [0.15, 0.2) is 60.7 Å². The molecule has 2 fully saturated rings. The Hall–Kier alpha value is -3.21. The van der Waals surface area contributed by atoms with E-state index in [0.29, 0.717) is 17.0 Å². The van der Waals surface area contributed by atoms with Crippen molar-refractivity contribution in [2.75, 3.05) is 4.90 Å². The predicted octanol–water partition coefficient (Wildman–Crippen LogP) is 3.53. The number of carbonyl (C=O) groups excluding carboxylic acids is 3. The molecule has 2 amide bonds. The minimum atomic E-state index is -0.522. The number of aryl methyl sites for hydroxylation is 1. The molecule has 4 atom stereocenters. The van der Waals surface area contributed by atoms with Gasteiger partial charge in [0, 0.05) is 0 Å². The van der Waals surface area contributed by atoms with Crippen molar-refractivity contribution in [3.63, 3.8) is 0 Å². The quantitative estimate of drug-likeness (QED) is 0.357. The lowest BCUT2D eigenvalue weighted by Crippen LogP contribution is -2.33. The number of nitrogens with zero attached hydrogens (tertiary/aromatic N) is 1. The van der Waals surface area contributed by atoms with Crippen LogP contribution in [0.3, 0.4) is 0 Å². The first kappa shape index (κ1) is 16.9. The molecule has 3 aliphatic rings. The first-order chi connectivity index (χ1) is 13.5. The average Bonchev–Trinajstić information content (AvgIpc) is 3.37. The summed E-state index contributed by atoms with van der Waals surface area (Å²) in [6.07, 6.45) is 5.02. The minimum absolute atomic E-state index is 0.157. The summed E-state index contributed by atoms with van der Waals surface area (Å²) in [4.78, 5) is 39.7. The predicted molar refractivity (Wildman–Crippen MR) is 103 cm³/mol. The van der Waals surface area contributed by atoms with E-state index in [2.05, 4.69) is 12.2 Å². The highest BCUT2D eigenvalue weighted by Gasteiger charge is 2.59. The molecule has 28 heavy (non-hydrogen) atoms. The van der Waals surface area contributed by atoms with Gasteiger partial charge in [-0.1, -0.05) is 35.9 Å². The van der Waals surface area contributed by atoms with Gasteiger partial charge < -0.3 is 4.74 Å². The van der Waals surface area contributed by atoms with E-state index in [-0.39, 0.29) is 35.5 Å². The van der Waals surface area contributed by atoms with E-state index in [0.717, 1.165) is 12.0 Å². The number of ether oxygens (including phenoxy) is 1. The summed E-state index contributed by atoms with van der Waals surface area (Å²) < 4.78 is 5.41. The van der Waals surface area contributed by atoms with Gasteiger partial charge in [0.25, 0.3) is 0 Å². The maximum Gasteiger partial charge on any atom is 0.343 e. The number of imide groups is 1. The lowest BCUT2D eigenvalue weighted by atomic mass is 9.85. The summed E-state index contributed by atoms with van der Waals surface area (Å²) in [6, 6.07) is 13.7. The van der Waals surface area contributed by atoms with Crippen molar-refractivity contribution in [3.8, 4) is 5.75 Å². The standard InChI is InChI=1S/C23H19NO4/c1-13-5-9-18(10-6-13)28-23(27)16-3-2-4-17(12-16)24-21(25)19-14-7-8-15(11-14)20(19)22(24)26/h2-10,12,14-15,19-20H,11H2,1H3/t14-,15-,19-,20+/m0/s1. The molecule has 2 bridgehead atoms. The molecule has 0 unspecified atom stereocenters. The van der Waals surface area contributed by atoms with E-state index < -0.39 is 5.97 Å². The van der Waals surface area contributed by atoms with Crippen LogP contribution in [0.2, 0.25) is 0 Å². The fourth-order valence-corrected chi connectivity index (χ4v) is 4.70. The van der Waals surface area contributed by atoms with Gasteiger partial charge in [-0.25, -0.2) is 9.69 Å². The number of allylic oxidation sites excluding steroid dienone is 2. The molecule has 2 aliphatic carbocycles. The molecule has 0 aromatic heterocycles. The highest BCUT2D eigenvalue weighted by Crippen LogP contribution is 2.53. The number of amides is 2. The van der Waals surface area contributed by atoms with Crippen LogP contribution in [0.1, 0.15) is 22.3 Å². The maximum absolute atomic E-state index is 12.9. The van der Waals surface area contributed by atoms with Crippen molar-refractivity contribution in [3.05, 3.63) is 71.8 Å². The first-order valence-electron chi connectivity index (χ1n) is 9.48. The molecule has 2 aromatic carbocycles. The van der Waals surface area contributed by atoms with Crippen LogP contribution in [0.4, 0.5) is 5.69 Å². The number of anilines is 1. The summed E-state index contributed by atoms with van der Waals surface area (Å²) in [7, 11) is 0. The fourth-order valence-electron chi connectivity index (χ4n) is 4.70. The van der Waals surface area contributed by atoms with Gasteiger partial charge in [-0.2, -0.15) is 0 Å². The highest BCUT2D eigenvalue weighted by molar-refractivity contribution is 6.23. The lowest BCUT2D eigenvalue weighted by Gasteiger charge is -2.18. The number of fused-ring (bicyclic) bond motifs is 5. The van der Waals surface area contributed by atoms with Crippen molar-refractivity contribution in [1.29, 1.82) is 0 Å². The molecule has 5 nitrogen and oxygen atoms in total. The second-order valence-electron chi connectivity index (χ2n) is 7.76. The summed E-state index contributed by atoms with van der Waals surface area (Å²) in [5.41, 5.74) is 1.81. The molecule has 2 aromatic rings. The van der Waals surface area contributed by atoms with Gasteiger partial charge in [0.15, 0.2) is 0 Å². The second-order valence-corrected chi connectivity index (χ2v) is 7.76. The largest absolute Gasteiger partial charge is 0.423 e. The molecule has 5 rings (SSSR count). The molecule has 5 heteroatoms. The Labute approximate surface area is 162 Å². The van der Waals surface area contributed by atoms with Crippen LogP contribution in [0.5, 0.6) is 5.75 Å². The molecule has 1 saturated carbocycles. The third-order valence-corrected chi connectivity index (χ3v) is 6.04. The van der Waals surface area contributed by atoms with Gasteiger partial charge >= 0.3 is 5.97 Å². The Morgan fingerprint density at radius 2 is 1.61 bits per heavy atom. The van der Waals surface area contributed by atoms with Gasteiger partial charge in [0.1, 0.15) is 5.75 Å². The van der Waals surface area contributed by atoms with Crippen molar-refractivity contribution in [2.45, 2.75) is 13.3 Å². The topological polar surface area (TPSA) is 63.7 Å². The van der Waals surface area contributed by atoms with Crippen LogP contribution < -0.4 is 9.64 Å².